The van der Waals surface area contributed by atoms with Gasteiger partial charge in [-0.2, -0.15) is 10.2 Å². The number of aromatic carboxylic acids is 2. The number of nitrogens with one attached hydrogen (secondary N) is 2. The average molecular weight is 691 g/mol. The highest BCUT2D eigenvalue weighted by atomic mass is 32.1. The van der Waals surface area contributed by atoms with Crippen LogP contribution in [0.15, 0.2) is 120 Å². The first-order valence-electron chi connectivity index (χ1n) is 15.2. The third-order valence-electron chi connectivity index (χ3n) is 7.00. The molecule has 50 heavy (non-hydrogen) atoms. The van der Waals surface area contributed by atoms with E-state index in [4.69, 9.17) is 22.4 Å². The van der Waals surface area contributed by atoms with Crippen LogP contribution in [-0.4, -0.2) is 69.8 Å². The molecule has 0 radical (unpaired) electrons. The molecule has 0 heterocycles. The summed E-state index contributed by atoms with van der Waals surface area (Å²) in [5, 5.41) is 35.4. The Morgan fingerprint density at radius 2 is 0.980 bits per heavy atom. The predicted molar refractivity (Wildman–Crippen MR) is 202 cm³/mol. The summed E-state index contributed by atoms with van der Waals surface area (Å²) in [5.74, 6) is -1.94. The molecule has 0 unspecified atom stereocenters. The number of nitrogens with zero attached hydrogens (tertiary/aromatic N) is 4. The number of urea groups is 1. The zero-order valence-electron chi connectivity index (χ0n) is 27.7. The van der Waals surface area contributed by atoms with E-state index in [2.05, 4.69) is 34.0 Å². The molecule has 4 aromatic rings. The van der Waals surface area contributed by atoms with Crippen molar-refractivity contribution in [2.24, 2.45) is 10.2 Å². The van der Waals surface area contributed by atoms with Gasteiger partial charge in [-0.05, 0) is 69.9 Å². The van der Waals surface area contributed by atoms with Crippen molar-refractivity contribution in [1.82, 2.24) is 20.7 Å². The highest BCUT2D eigenvalue weighted by Crippen LogP contribution is 2.12. The molecule has 0 aliphatic carbocycles. The summed E-state index contributed by atoms with van der Waals surface area (Å²) < 4.78 is 0. The summed E-state index contributed by atoms with van der Waals surface area (Å²) in [7, 11) is 3.28. The minimum absolute atomic E-state index is 0.197. The molecule has 11 nitrogen and oxygen atoms in total. The van der Waals surface area contributed by atoms with Crippen molar-refractivity contribution >= 4 is 59.9 Å². The lowest BCUT2D eigenvalue weighted by atomic mass is 10.1. The molecule has 0 fully saturated rings. The number of hydrazone groups is 2. The smallest absolute Gasteiger partial charge is 0.337 e. The zero-order chi connectivity index (χ0) is 36.5. The molecule has 0 saturated heterocycles. The van der Waals surface area contributed by atoms with E-state index in [9.17, 15) is 14.4 Å². The lowest BCUT2D eigenvalue weighted by molar-refractivity contribution is 0.0686. The second-order valence-corrected chi connectivity index (χ2v) is 10.8. The van der Waals surface area contributed by atoms with Gasteiger partial charge < -0.3 is 20.8 Å². The number of carbonyl (C=O) groups excluding carboxylic acids is 1. The molecule has 2 amide bonds. The molecule has 0 aliphatic rings. The van der Waals surface area contributed by atoms with Crippen molar-refractivity contribution in [2.45, 2.75) is 13.1 Å². The summed E-state index contributed by atoms with van der Waals surface area (Å²) in [6, 6.07) is 28.0. The lowest BCUT2D eigenvalue weighted by Crippen LogP contribution is -2.33. The maximum absolute atomic E-state index is 12.0. The van der Waals surface area contributed by atoms with Gasteiger partial charge >= 0.3 is 18.0 Å². The van der Waals surface area contributed by atoms with Crippen LogP contribution in [0.25, 0.3) is 12.2 Å². The van der Waals surface area contributed by atoms with Gasteiger partial charge in [0, 0.05) is 14.1 Å². The zero-order valence-corrected chi connectivity index (χ0v) is 28.5. The van der Waals surface area contributed by atoms with Crippen molar-refractivity contribution in [3.8, 4) is 0 Å². The van der Waals surface area contributed by atoms with E-state index in [0.717, 1.165) is 27.8 Å². The van der Waals surface area contributed by atoms with Gasteiger partial charge in [0.05, 0.1) is 36.6 Å². The molecule has 0 bridgehead atoms. The van der Waals surface area contributed by atoms with Gasteiger partial charge in [0.25, 0.3) is 0 Å². The fourth-order valence-electron chi connectivity index (χ4n) is 4.15. The maximum Gasteiger partial charge on any atom is 0.337 e. The second-order valence-electron chi connectivity index (χ2n) is 10.5. The molecule has 4 N–H and O–H groups in total. The van der Waals surface area contributed by atoms with Gasteiger partial charge in [0.15, 0.2) is 5.11 Å². The van der Waals surface area contributed by atoms with E-state index in [1.165, 1.54) is 30.4 Å². The van der Waals surface area contributed by atoms with Gasteiger partial charge in [-0.3, -0.25) is 0 Å². The van der Waals surface area contributed by atoms with Crippen LogP contribution in [0.5, 0.6) is 0 Å². The third-order valence-corrected chi connectivity index (χ3v) is 7.41. The van der Waals surface area contributed by atoms with E-state index in [1.807, 2.05) is 48.5 Å². The average Bonchev–Trinajstić information content (AvgIpc) is 3.15. The van der Waals surface area contributed by atoms with Crippen LogP contribution < -0.4 is 10.6 Å². The van der Waals surface area contributed by atoms with Gasteiger partial charge in [-0.1, -0.05) is 98.1 Å². The van der Waals surface area contributed by atoms with Crippen molar-refractivity contribution in [3.05, 3.63) is 155 Å². The maximum atomic E-state index is 12.0. The number of rotatable bonds is 12. The summed E-state index contributed by atoms with van der Waals surface area (Å²) in [6.07, 6.45) is 6.70. The van der Waals surface area contributed by atoms with Crippen LogP contribution in [0, 0.1) is 0 Å². The van der Waals surface area contributed by atoms with Crippen LogP contribution >= 0.6 is 12.2 Å². The van der Waals surface area contributed by atoms with E-state index in [-0.39, 0.29) is 17.2 Å². The number of hydrogen-bond acceptors (Lipinski definition) is 6. The van der Waals surface area contributed by atoms with E-state index >= 15 is 0 Å². The normalized spacial score (nSPS) is 10.4. The Balaban J connectivity index is 0.000000270. The summed E-state index contributed by atoms with van der Waals surface area (Å²) in [6.45, 7) is 8.27. The fourth-order valence-corrected chi connectivity index (χ4v) is 4.26. The van der Waals surface area contributed by atoms with Crippen molar-refractivity contribution in [1.29, 1.82) is 0 Å². The van der Waals surface area contributed by atoms with Crippen LogP contribution in [0.3, 0.4) is 0 Å². The van der Waals surface area contributed by atoms with Gasteiger partial charge in [0.1, 0.15) is 0 Å². The van der Waals surface area contributed by atoms with Crippen molar-refractivity contribution < 1.29 is 24.6 Å². The SMILES string of the molecule is C=Cc1ccc(CN(N=Cc2ccc(C(=O)O)cc2)C(=O)NC)cc1.C=Cc1ccc(CN(N=Cc2ccc(C(=O)O)cc2)C(=S)NC)cc1. The number of hydrogen-bond donors (Lipinski definition) is 4. The lowest BCUT2D eigenvalue weighted by Gasteiger charge is -2.19. The summed E-state index contributed by atoms with van der Waals surface area (Å²) in [4.78, 5) is 33.7. The van der Waals surface area contributed by atoms with Crippen molar-refractivity contribution in [2.75, 3.05) is 14.1 Å². The highest BCUT2D eigenvalue weighted by molar-refractivity contribution is 7.80. The number of benzene rings is 4. The monoisotopic (exact) mass is 690 g/mol. The Bertz CT molecular complexity index is 1700. The number of amides is 2. The fraction of sp³-hybridized carbons (Fsp3) is 0.105. The van der Waals surface area contributed by atoms with Crippen LogP contribution in [-0.2, 0) is 13.1 Å². The standard InChI is InChI=1S/C19H19N3O3.C19H19N3O2S/c2*1-3-14-4-6-16(7-5-14)13-22(19(25)20-2)21-12-15-8-10-17(11-9-15)18(23)24/h2*3-12H,1,13H2,2H3,(H,20,25)(H,23,24). The third kappa shape index (κ3) is 12.0. The van der Waals surface area contributed by atoms with E-state index in [1.54, 1.807) is 66.8 Å². The number of thiocarbonyl (C=S) groups is 1. The molecule has 256 valence electrons. The highest BCUT2D eigenvalue weighted by Gasteiger charge is 2.11. The molecule has 0 spiro atoms. The Morgan fingerprint density at radius 1 is 0.620 bits per heavy atom. The van der Waals surface area contributed by atoms with Gasteiger partial charge in [-0.15, -0.1) is 0 Å². The molecular formula is C38H38N6O5S. The van der Waals surface area contributed by atoms with Crippen LogP contribution in [0.2, 0.25) is 0 Å². The molecule has 0 saturated carbocycles. The number of carbonyl (C=O) groups is 3. The van der Waals surface area contributed by atoms with E-state index < -0.39 is 11.9 Å². The molecule has 4 rings (SSSR count). The first-order valence-corrected chi connectivity index (χ1v) is 15.6. The molecule has 0 aromatic heterocycles. The topological polar surface area (TPSA) is 147 Å². The number of carboxylic acids is 2. The van der Waals surface area contributed by atoms with Gasteiger partial charge in [0.2, 0.25) is 0 Å². The Labute approximate surface area is 296 Å². The summed E-state index contributed by atoms with van der Waals surface area (Å²) >= 11 is 5.30. The quantitative estimate of drug-likeness (QED) is 0.0742. The Hall–Kier alpha value is -6.40. The Morgan fingerprint density at radius 3 is 1.32 bits per heavy atom. The molecule has 0 atom stereocenters. The summed E-state index contributed by atoms with van der Waals surface area (Å²) in [5.41, 5.74) is 5.95. The largest absolute Gasteiger partial charge is 0.478 e. The van der Waals surface area contributed by atoms with Gasteiger partial charge in [-0.25, -0.2) is 24.4 Å². The van der Waals surface area contributed by atoms with Crippen LogP contribution in [0.4, 0.5) is 4.79 Å². The molecule has 4 aromatic carbocycles. The van der Waals surface area contributed by atoms with Crippen LogP contribution in [0.1, 0.15) is 54.1 Å². The first kappa shape index (κ1) is 38.1. The molecule has 12 heteroatoms. The first-order chi connectivity index (χ1) is 24.1. The molecular weight excluding hydrogens is 653 g/mol. The number of carboxylic acid groups (broad SMARTS) is 2. The van der Waals surface area contributed by atoms with E-state index in [0.29, 0.717) is 23.8 Å². The predicted octanol–water partition coefficient (Wildman–Crippen LogP) is 6.57. The molecule has 0 aliphatic heterocycles. The van der Waals surface area contributed by atoms with Crippen molar-refractivity contribution in [3.63, 3.8) is 0 Å². The minimum atomic E-state index is -0.988. The second kappa shape index (κ2) is 19.4. The minimum Gasteiger partial charge on any atom is -0.478 e. The Kier molecular flexibility index (Phi) is 14.8.